The van der Waals surface area contributed by atoms with Gasteiger partial charge in [-0.2, -0.15) is 0 Å². The lowest BCUT2D eigenvalue weighted by atomic mass is 10.1. The van der Waals surface area contributed by atoms with Crippen molar-refractivity contribution in [2.45, 2.75) is 39.7 Å². The average Bonchev–Trinajstić information content (AvgIpc) is 2.29. The summed E-state index contributed by atoms with van der Waals surface area (Å²) in [6.45, 7) is 8.27. The lowest BCUT2D eigenvalue weighted by Gasteiger charge is -2.24. The molecule has 0 amide bonds. The first-order chi connectivity index (χ1) is 8.10. The fourth-order valence-corrected chi connectivity index (χ4v) is 2.57. The maximum Gasteiger partial charge on any atom is 0.0772 e. The van der Waals surface area contributed by atoms with E-state index in [0.717, 1.165) is 23.1 Å². The molecule has 96 valence electrons. The molecule has 0 aromatic heterocycles. The minimum atomic E-state index is -0.427. The Balaban J connectivity index is 2.86. The second-order valence-electron chi connectivity index (χ2n) is 4.32. The van der Waals surface area contributed by atoms with Crippen molar-refractivity contribution in [1.82, 2.24) is 0 Å². The van der Waals surface area contributed by atoms with Gasteiger partial charge in [0.05, 0.1) is 6.10 Å². The van der Waals surface area contributed by atoms with Gasteiger partial charge in [-0.25, -0.2) is 0 Å². The molecule has 0 aliphatic carbocycles. The summed E-state index contributed by atoms with van der Waals surface area (Å²) >= 11 is 3.53. The summed E-state index contributed by atoms with van der Waals surface area (Å²) in [5.41, 5.74) is 2.16. The van der Waals surface area contributed by atoms with E-state index in [9.17, 15) is 5.11 Å². The third kappa shape index (κ3) is 4.00. The normalized spacial score (nSPS) is 12.5. The van der Waals surface area contributed by atoms with Gasteiger partial charge in [0.1, 0.15) is 0 Å². The van der Waals surface area contributed by atoms with E-state index >= 15 is 0 Å². The molecule has 3 heteroatoms. The van der Waals surface area contributed by atoms with Gasteiger partial charge in [-0.05, 0) is 38.0 Å². The number of unbranched alkanes of at least 4 members (excludes halogenated alkanes) is 1. The topological polar surface area (TPSA) is 23.5 Å². The standard InChI is InChI=1S/C14H22BrNO/c1-4-6-9-16(5-2)12-7-8-13(11(3)17)14(15)10-12/h7-8,10-11,17H,4-6,9H2,1-3H3/t11-/m1/s1. The van der Waals surface area contributed by atoms with Crippen molar-refractivity contribution in [1.29, 1.82) is 0 Å². The second kappa shape index (κ2) is 7.02. The number of hydrogen-bond donors (Lipinski definition) is 1. The Hall–Kier alpha value is -0.540. The van der Waals surface area contributed by atoms with Crippen LogP contribution in [0.2, 0.25) is 0 Å². The number of aliphatic hydroxyl groups is 1. The summed E-state index contributed by atoms with van der Waals surface area (Å²) in [6.07, 6.45) is 2.00. The first-order valence-electron chi connectivity index (χ1n) is 6.32. The molecule has 0 bridgehead atoms. The quantitative estimate of drug-likeness (QED) is 0.854. The zero-order chi connectivity index (χ0) is 12.8. The largest absolute Gasteiger partial charge is 0.389 e. The van der Waals surface area contributed by atoms with Gasteiger partial charge in [0.25, 0.3) is 0 Å². The molecule has 0 aliphatic rings. The van der Waals surface area contributed by atoms with Crippen LogP contribution in [-0.2, 0) is 0 Å². The highest BCUT2D eigenvalue weighted by molar-refractivity contribution is 9.10. The van der Waals surface area contributed by atoms with Crippen molar-refractivity contribution < 1.29 is 5.11 Å². The Morgan fingerprint density at radius 1 is 1.35 bits per heavy atom. The van der Waals surface area contributed by atoms with Crippen LogP contribution >= 0.6 is 15.9 Å². The number of halogens is 1. The fourth-order valence-electron chi connectivity index (χ4n) is 1.87. The van der Waals surface area contributed by atoms with Crippen molar-refractivity contribution in [3.8, 4) is 0 Å². The van der Waals surface area contributed by atoms with Gasteiger partial charge in [0.15, 0.2) is 0 Å². The zero-order valence-corrected chi connectivity index (χ0v) is 12.5. The van der Waals surface area contributed by atoms with Crippen molar-refractivity contribution in [3.05, 3.63) is 28.2 Å². The lowest BCUT2D eigenvalue weighted by Crippen LogP contribution is -2.23. The summed E-state index contributed by atoms with van der Waals surface area (Å²) in [7, 11) is 0. The molecule has 1 aromatic carbocycles. The maximum absolute atomic E-state index is 9.59. The minimum absolute atomic E-state index is 0.427. The number of hydrogen-bond acceptors (Lipinski definition) is 2. The van der Waals surface area contributed by atoms with Crippen LogP contribution in [0.25, 0.3) is 0 Å². The molecule has 0 heterocycles. The molecular weight excluding hydrogens is 278 g/mol. The molecule has 1 atom stereocenters. The van der Waals surface area contributed by atoms with Crippen molar-refractivity contribution in [2.75, 3.05) is 18.0 Å². The molecule has 0 saturated heterocycles. The number of aliphatic hydroxyl groups excluding tert-OH is 1. The summed E-state index contributed by atoms with van der Waals surface area (Å²) in [5.74, 6) is 0. The molecule has 1 N–H and O–H groups in total. The molecule has 1 aromatic rings. The van der Waals surface area contributed by atoms with E-state index in [4.69, 9.17) is 0 Å². The summed E-state index contributed by atoms with van der Waals surface area (Å²) < 4.78 is 0.986. The van der Waals surface area contributed by atoms with Crippen LogP contribution in [0.3, 0.4) is 0 Å². The zero-order valence-electron chi connectivity index (χ0n) is 10.9. The monoisotopic (exact) mass is 299 g/mol. The van der Waals surface area contributed by atoms with E-state index in [0.29, 0.717) is 0 Å². The summed E-state index contributed by atoms with van der Waals surface area (Å²) in [4.78, 5) is 2.36. The highest BCUT2D eigenvalue weighted by atomic mass is 79.9. The smallest absolute Gasteiger partial charge is 0.0772 e. The van der Waals surface area contributed by atoms with Gasteiger partial charge in [-0.15, -0.1) is 0 Å². The van der Waals surface area contributed by atoms with E-state index in [1.807, 2.05) is 6.07 Å². The Bertz CT molecular complexity index is 352. The van der Waals surface area contributed by atoms with Gasteiger partial charge in [0.2, 0.25) is 0 Å². The molecule has 0 spiro atoms. The van der Waals surface area contributed by atoms with E-state index in [-0.39, 0.29) is 0 Å². The Morgan fingerprint density at radius 2 is 2.06 bits per heavy atom. The molecule has 0 saturated carbocycles. The van der Waals surface area contributed by atoms with Crippen LogP contribution in [0, 0.1) is 0 Å². The van der Waals surface area contributed by atoms with Gasteiger partial charge in [-0.1, -0.05) is 35.3 Å². The van der Waals surface area contributed by atoms with Crippen LogP contribution in [0.4, 0.5) is 5.69 Å². The van der Waals surface area contributed by atoms with Crippen LogP contribution < -0.4 is 4.90 Å². The lowest BCUT2D eigenvalue weighted by molar-refractivity contribution is 0.198. The van der Waals surface area contributed by atoms with Gasteiger partial charge >= 0.3 is 0 Å². The first-order valence-corrected chi connectivity index (χ1v) is 7.11. The molecule has 1 rings (SSSR count). The predicted octanol–water partition coefficient (Wildman–Crippen LogP) is 4.13. The molecule has 0 fully saturated rings. The molecule has 0 aliphatic heterocycles. The number of nitrogens with zero attached hydrogens (tertiary/aromatic N) is 1. The Morgan fingerprint density at radius 3 is 2.53 bits per heavy atom. The van der Waals surface area contributed by atoms with E-state index in [1.54, 1.807) is 6.92 Å². The first kappa shape index (κ1) is 14.5. The van der Waals surface area contributed by atoms with Gasteiger partial charge in [0, 0.05) is 23.2 Å². The fraction of sp³-hybridized carbons (Fsp3) is 0.571. The molecule has 17 heavy (non-hydrogen) atoms. The van der Waals surface area contributed by atoms with Crippen molar-refractivity contribution in [2.24, 2.45) is 0 Å². The Kier molecular flexibility index (Phi) is 6.00. The van der Waals surface area contributed by atoms with E-state index in [2.05, 4.69) is 46.8 Å². The van der Waals surface area contributed by atoms with Crippen molar-refractivity contribution >= 4 is 21.6 Å². The third-order valence-electron chi connectivity index (χ3n) is 2.96. The van der Waals surface area contributed by atoms with E-state index in [1.165, 1.54) is 18.5 Å². The van der Waals surface area contributed by atoms with Crippen LogP contribution in [-0.4, -0.2) is 18.2 Å². The molecule has 0 unspecified atom stereocenters. The van der Waals surface area contributed by atoms with Crippen LogP contribution in [0.15, 0.2) is 22.7 Å². The van der Waals surface area contributed by atoms with Crippen LogP contribution in [0.1, 0.15) is 45.3 Å². The minimum Gasteiger partial charge on any atom is -0.389 e. The highest BCUT2D eigenvalue weighted by Gasteiger charge is 2.09. The number of benzene rings is 1. The predicted molar refractivity (Wildman–Crippen MR) is 77.6 cm³/mol. The van der Waals surface area contributed by atoms with Gasteiger partial charge < -0.3 is 10.0 Å². The number of rotatable bonds is 6. The summed E-state index contributed by atoms with van der Waals surface area (Å²) in [5, 5.41) is 9.59. The molecule has 2 nitrogen and oxygen atoms in total. The summed E-state index contributed by atoms with van der Waals surface area (Å²) in [6, 6.07) is 6.19. The van der Waals surface area contributed by atoms with E-state index < -0.39 is 6.10 Å². The SMILES string of the molecule is CCCCN(CC)c1ccc([C@@H](C)O)c(Br)c1. The molecular formula is C14H22BrNO. The Labute approximate surface area is 113 Å². The van der Waals surface area contributed by atoms with Gasteiger partial charge in [-0.3, -0.25) is 0 Å². The van der Waals surface area contributed by atoms with Crippen LogP contribution in [0.5, 0.6) is 0 Å². The highest BCUT2D eigenvalue weighted by Crippen LogP contribution is 2.28. The molecule has 0 radical (unpaired) electrons. The van der Waals surface area contributed by atoms with Crippen molar-refractivity contribution in [3.63, 3.8) is 0 Å². The number of anilines is 1. The average molecular weight is 300 g/mol. The third-order valence-corrected chi connectivity index (χ3v) is 3.65. The second-order valence-corrected chi connectivity index (χ2v) is 5.17. The maximum atomic E-state index is 9.59.